The molecule has 0 radical (unpaired) electrons. The van der Waals surface area contributed by atoms with Gasteiger partial charge in [-0.05, 0) is 46.2 Å². The number of fused-ring (bicyclic) bond motifs is 1. The molecule has 4 aromatic rings. The highest BCUT2D eigenvalue weighted by Gasteiger charge is 2.22. The fourth-order valence-electron chi connectivity index (χ4n) is 3.42. The monoisotopic (exact) mass is 393 g/mol. The Morgan fingerprint density at radius 2 is 2.07 bits per heavy atom. The third-order valence-corrected chi connectivity index (χ3v) is 5.10. The van der Waals surface area contributed by atoms with Crippen LogP contribution in [0.2, 0.25) is 0 Å². The van der Waals surface area contributed by atoms with Crippen LogP contribution in [0.3, 0.4) is 0 Å². The fraction of sp³-hybridized carbons (Fsp3) is 0.333. The van der Waals surface area contributed by atoms with Crippen molar-refractivity contribution in [3.05, 3.63) is 47.2 Å². The number of anilines is 1. The molecule has 0 fully saturated rings. The SMILES string of the molecule is CCC(C)n1nccc1NC(=O)c1cc(-c2cc(C)oc2C)nc2onc(C)c12. The summed E-state index contributed by atoms with van der Waals surface area (Å²) in [5.74, 6) is 1.87. The molecule has 8 heteroatoms. The van der Waals surface area contributed by atoms with Crippen molar-refractivity contribution < 1.29 is 13.7 Å². The predicted molar refractivity (Wildman–Crippen MR) is 109 cm³/mol. The molecule has 1 amide bonds. The molecule has 0 saturated heterocycles. The second-order valence-electron chi connectivity index (χ2n) is 7.20. The Labute approximate surface area is 167 Å². The van der Waals surface area contributed by atoms with Crippen LogP contribution in [0.1, 0.15) is 53.9 Å². The van der Waals surface area contributed by atoms with Gasteiger partial charge in [0.15, 0.2) is 0 Å². The molecular formula is C21H23N5O3. The Morgan fingerprint density at radius 3 is 2.76 bits per heavy atom. The summed E-state index contributed by atoms with van der Waals surface area (Å²) in [5, 5.41) is 11.9. The summed E-state index contributed by atoms with van der Waals surface area (Å²) in [7, 11) is 0. The molecular weight excluding hydrogens is 370 g/mol. The zero-order chi connectivity index (χ0) is 20.7. The molecule has 0 aliphatic carbocycles. The van der Waals surface area contributed by atoms with E-state index in [1.54, 1.807) is 29.9 Å². The molecule has 0 saturated carbocycles. The van der Waals surface area contributed by atoms with Crippen LogP contribution in [0.4, 0.5) is 5.82 Å². The van der Waals surface area contributed by atoms with Crippen molar-refractivity contribution in [3.63, 3.8) is 0 Å². The topological polar surface area (TPSA) is 99.0 Å². The van der Waals surface area contributed by atoms with Gasteiger partial charge >= 0.3 is 0 Å². The maximum atomic E-state index is 13.2. The van der Waals surface area contributed by atoms with Crippen molar-refractivity contribution in [3.8, 4) is 11.3 Å². The van der Waals surface area contributed by atoms with Gasteiger partial charge in [0, 0.05) is 11.6 Å². The third kappa shape index (κ3) is 3.30. The summed E-state index contributed by atoms with van der Waals surface area (Å²) in [6.45, 7) is 9.66. The number of aromatic nitrogens is 4. The Balaban J connectivity index is 1.80. The summed E-state index contributed by atoms with van der Waals surface area (Å²) in [6.07, 6.45) is 2.58. The summed E-state index contributed by atoms with van der Waals surface area (Å²) < 4.78 is 12.8. The summed E-state index contributed by atoms with van der Waals surface area (Å²) >= 11 is 0. The number of furan rings is 1. The van der Waals surface area contributed by atoms with Crippen molar-refractivity contribution in [2.75, 3.05) is 5.32 Å². The number of pyridine rings is 1. The van der Waals surface area contributed by atoms with Crippen molar-refractivity contribution in [1.29, 1.82) is 0 Å². The van der Waals surface area contributed by atoms with Gasteiger partial charge in [-0.3, -0.25) is 4.79 Å². The van der Waals surface area contributed by atoms with Gasteiger partial charge in [0.05, 0.1) is 34.6 Å². The average molecular weight is 393 g/mol. The number of rotatable bonds is 5. The largest absolute Gasteiger partial charge is 0.466 e. The highest BCUT2D eigenvalue weighted by molar-refractivity contribution is 6.12. The quantitative estimate of drug-likeness (QED) is 0.521. The number of nitrogens with one attached hydrogen (secondary N) is 1. The zero-order valence-electron chi connectivity index (χ0n) is 17.1. The molecule has 4 rings (SSSR count). The first kappa shape index (κ1) is 18.9. The van der Waals surface area contributed by atoms with E-state index in [-0.39, 0.29) is 11.9 Å². The first-order valence-electron chi connectivity index (χ1n) is 9.58. The molecule has 150 valence electrons. The van der Waals surface area contributed by atoms with E-state index in [1.807, 2.05) is 19.9 Å². The van der Waals surface area contributed by atoms with E-state index in [4.69, 9.17) is 8.94 Å². The lowest BCUT2D eigenvalue weighted by molar-refractivity contribution is 0.102. The Kier molecular flexibility index (Phi) is 4.70. The second kappa shape index (κ2) is 7.20. The number of aryl methyl sites for hydroxylation is 3. The van der Waals surface area contributed by atoms with E-state index in [0.717, 1.165) is 23.5 Å². The van der Waals surface area contributed by atoms with Crippen LogP contribution >= 0.6 is 0 Å². The van der Waals surface area contributed by atoms with Gasteiger partial charge in [-0.25, -0.2) is 9.67 Å². The van der Waals surface area contributed by atoms with Crippen LogP contribution in [0.15, 0.2) is 33.3 Å². The van der Waals surface area contributed by atoms with Crippen molar-refractivity contribution in [1.82, 2.24) is 19.9 Å². The van der Waals surface area contributed by atoms with Crippen molar-refractivity contribution in [2.45, 2.75) is 47.1 Å². The molecule has 1 atom stereocenters. The highest BCUT2D eigenvalue weighted by atomic mass is 16.5. The second-order valence-corrected chi connectivity index (χ2v) is 7.20. The predicted octanol–water partition coefficient (Wildman–Crippen LogP) is 4.83. The minimum Gasteiger partial charge on any atom is -0.466 e. The Hall–Kier alpha value is -3.42. The molecule has 4 aromatic heterocycles. The fourth-order valence-corrected chi connectivity index (χ4v) is 3.42. The van der Waals surface area contributed by atoms with Crippen LogP contribution in [-0.2, 0) is 0 Å². The van der Waals surface area contributed by atoms with E-state index < -0.39 is 0 Å². The molecule has 1 N–H and O–H groups in total. The highest BCUT2D eigenvalue weighted by Crippen LogP contribution is 2.31. The molecule has 0 aromatic carbocycles. The van der Waals surface area contributed by atoms with E-state index in [1.165, 1.54) is 0 Å². The van der Waals surface area contributed by atoms with Gasteiger partial charge in [-0.1, -0.05) is 12.1 Å². The minimum atomic E-state index is -0.270. The van der Waals surface area contributed by atoms with Gasteiger partial charge in [0.25, 0.3) is 11.6 Å². The minimum absolute atomic E-state index is 0.169. The lowest BCUT2D eigenvalue weighted by atomic mass is 10.1. The van der Waals surface area contributed by atoms with Crippen molar-refractivity contribution in [2.24, 2.45) is 0 Å². The lowest BCUT2D eigenvalue weighted by Crippen LogP contribution is -2.18. The maximum Gasteiger partial charge on any atom is 0.259 e. The zero-order valence-corrected chi connectivity index (χ0v) is 17.1. The van der Waals surface area contributed by atoms with Gasteiger partial charge in [-0.2, -0.15) is 5.10 Å². The number of amides is 1. The van der Waals surface area contributed by atoms with Crippen LogP contribution < -0.4 is 5.32 Å². The Morgan fingerprint density at radius 1 is 1.28 bits per heavy atom. The van der Waals surface area contributed by atoms with E-state index in [9.17, 15) is 4.79 Å². The van der Waals surface area contributed by atoms with Crippen LogP contribution in [0, 0.1) is 20.8 Å². The maximum absolute atomic E-state index is 13.2. The smallest absolute Gasteiger partial charge is 0.259 e. The van der Waals surface area contributed by atoms with Crippen molar-refractivity contribution >= 4 is 22.8 Å². The first-order valence-corrected chi connectivity index (χ1v) is 9.58. The van der Waals surface area contributed by atoms with Gasteiger partial charge in [0.2, 0.25) is 0 Å². The molecule has 4 heterocycles. The van der Waals surface area contributed by atoms with E-state index in [2.05, 4.69) is 34.4 Å². The van der Waals surface area contributed by atoms with Gasteiger partial charge in [0.1, 0.15) is 17.3 Å². The first-order chi connectivity index (χ1) is 13.9. The van der Waals surface area contributed by atoms with Gasteiger partial charge < -0.3 is 14.3 Å². The number of hydrogen-bond donors (Lipinski definition) is 1. The molecule has 0 aliphatic rings. The van der Waals surface area contributed by atoms with E-state index >= 15 is 0 Å². The molecule has 29 heavy (non-hydrogen) atoms. The Bertz CT molecular complexity index is 1200. The number of carbonyl (C=O) groups is 1. The standard InChI is InChI=1S/C21H23N5O3/c1-6-11(2)26-18(7-8-22-26)24-20(27)16-10-17(15-9-12(3)28-14(15)5)23-21-19(16)13(4)25-29-21/h7-11H,6H2,1-5H3,(H,24,27). The molecule has 1 unspecified atom stereocenters. The van der Waals surface area contributed by atoms with E-state index in [0.29, 0.717) is 33.9 Å². The number of nitrogens with zero attached hydrogens (tertiary/aromatic N) is 4. The molecule has 0 bridgehead atoms. The number of hydrogen-bond acceptors (Lipinski definition) is 6. The third-order valence-electron chi connectivity index (χ3n) is 5.10. The van der Waals surface area contributed by atoms with Crippen LogP contribution in [0.5, 0.6) is 0 Å². The summed E-state index contributed by atoms with van der Waals surface area (Å²) in [5.41, 5.74) is 2.79. The molecule has 0 spiro atoms. The summed E-state index contributed by atoms with van der Waals surface area (Å²) in [4.78, 5) is 17.8. The normalized spacial score (nSPS) is 12.4. The van der Waals surface area contributed by atoms with Crippen LogP contribution in [-0.4, -0.2) is 25.8 Å². The van der Waals surface area contributed by atoms with Gasteiger partial charge in [-0.15, -0.1) is 0 Å². The molecule has 8 nitrogen and oxygen atoms in total. The van der Waals surface area contributed by atoms with Crippen LogP contribution in [0.25, 0.3) is 22.4 Å². The number of carbonyl (C=O) groups excluding carboxylic acids is 1. The lowest BCUT2D eigenvalue weighted by Gasteiger charge is -2.14. The molecule has 0 aliphatic heterocycles. The average Bonchev–Trinajstić information content (AvgIpc) is 3.39. The summed E-state index contributed by atoms with van der Waals surface area (Å²) in [6, 6.07) is 5.60.